The molecule has 1 aromatic heterocycles. The summed E-state index contributed by atoms with van der Waals surface area (Å²) in [5.74, 6) is 1.04. The molecular weight excluding hydrogens is 540 g/mol. The minimum absolute atomic E-state index is 0.0250. The summed E-state index contributed by atoms with van der Waals surface area (Å²) in [5.41, 5.74) is 2.57. The molecule has 7 nitrogen and oxygen atoms in total. The molecule has 4 rings (SSSR count). The fraction of sp³-hybridized carbons (Fsp3) is 0.214. The normalized spacial score (nSPS) is 14.2. The number of nitrogens with one attached hydrogen (secondary N) is 1. The third kappa shape index (κ3) is 5.63. The molecule has 0 radical (unpaired) electrons. The lowest BCUT2D eigenvalue weighted by Crippen LogP contribution is -2.30. The van der Waals surface area contributed by atoms with Crippen LogP contribution < -0.4 is 15.6 Å². The van der Waals surface area contributed by atoms with Gasteiger partial charge in [-0.1, -0.05) is 65.9 Å². The lowest BCUT2D eigenvalue weighted by Gasteiger charge is -2.18. The van der Waals surface area contributed by atoms with E-state index in [0.29, 0.717) is 50.7 Å². The van der Waals surface area contributed by atoms with E-state index in [1.165, 1.54) is 16.3 Å². The quantitative estimate of drug-likeness (QED) is 0.294. The summed E-state index contributed by atoms with van der Waals surface area (Å²) in [5, 5.41) is 13.5. The molecule has 3 aromatic rings. The highest BCUT2D eigenvalue weighted by Crippen LogP contribution is 2.35. The lowest BCUT2D eigenvalue weighted by molar-refractivity contribution is -0.122. The van der Waals surface area contributed by atoms with Gasteiger partial charge in [0.1, 0.15) is 27.5 Å². The average molecular weight is 565 g/mol. The van der Waals surface area contributed by atoms with Crippen molar-refractivity contribution >= 4 is 57.7 Å². The van der Waals surface area contributed by atoms with Crippen molar-refractivity contribution in [1.29, 1.82) is 5.26 Å². The van der Waals surface area contributed by atoms with Crippen molar-refractivity contribution in [3.63, 3.8) is 0 Å². The smallest absolute Gasteiger partial charge is 0.270 e. The molecule has 1 amide bonds. The SMILES string of the molecule is COc1ccc(CCN2C(=O)/C(=C\c3c(C)c(C#N)c(=O)n(C)c3NCc3ccccc3Cl)SC2=S)cc1. The van der Waals surface area contributed by atoms with E-state index in [1.807, 2.05) is 48.5 Å². The molecule has 0 atom stereocenters. The first-order valence-electron chi connectivity index (χ1n) is 11.7. The first-order valence-corrected chi connectivity index (χ1v) is 13.3. The Kier molecular flexibility index (Phi) is 8.57. The largest absolute Gasteiger partial charge is 0.497 e. The molecule has 1 aliphatic heterocycles. The van der Waals surface area contributed by atoms with Crippen LogP contribution >= 0.6 is 35.6 Å². The number of rotatable bonds is 8. The molecule has 1 saturated heterocycles. The topological polar surface area (TPSA) is 87.4 Å². The number of thioether (sulfide) groups is 1. The second-order valence-corrected chi connectivity index (χ2v) is 10.7. The molecule has 194 valence electrons. The van der Waals surface area contributed by atoms with Crippen molar-refractivity contribution in [1.82, 2.24) is 9.47 Å². The Morgan fingerprint density at radius 3 is 2.55 bits per heavy atom. The van der Waals surface area contributed by atoms with Gasteiger partial charge in [0.15, 0.2) is 0 Å². The maximum absolute atomic E-state index is 13.4. The summed E-state index contributed by atoms with van der Waals surface area (Å²) >= 11 is 13.1. The fourth-order valence-corrected chi connectivity index (χ4v) is 5.62. The number of pyridine rings is 1. The summed E-state index contributed by atoms with van der Waals surface area (Å²) in [6.45, 7) is 2.49. The number of nitrogens with zero attached hydrogens (tertiary/aromatic N) is 3. The molecule has 0 aliphatic carbocycles. The van der Waals surface area contributed by atoms with Gasteiger partial charge in [-0.25, -0.2) is 0 Å². The van der Waals surface area contributed by atoms with Crippen LogP contribution in [-0.4, -0.2) is 33.3 Å². The van der Waals surface area contributed by atoms with Gasteiger partial charge in [0, 0.05) is 30.7 Å². The van der Waals surface area contributed by atoms with E-state index in [2.05, 4.69) is 5.32 Å². The van der Waals surface area contributed by atoms with Gasteiger partial charge >= 0.3 is 0 Å². The Labute approximate surface area is 235 Å². The van der Waals surface area contributed by atoms with E-state index < -0.39 is 5.56 Å². The van der Waals surface area contributed by atoms with E-state index in [0.717, 1.165) is 16.9 Å². The summed E-state index contributed by atoms with van der Waals surface area (Å²) in [6, 6.07) is 17.1. The Morgan fingerprint density at radius 1 is 1.18 bits per heavy atom. The number of carbonyl (C=O) groups excluding carboxylic acids is 1. The number of benzene rings is 2. The Hall–Kier alpha value is -3.58. The van der Waals surface area contributed by atoms with Gasteiger partial charge in [-0.15, -0.1) is 0 Å². The van der Waals surface area contributed by atoms with Crippen molar-refractivity contribution in [2.45, 2.75) is 19.9 Å². The minimum Gasteiger partial charge on any atom is -0.497 e. The maximum atomic E-state index is 13.4. The molecule has 0 bridgehead atoms. The molecule has 1 N–H and O–H groups in total. The van der Waals surface area contributed by atoms with Gasteiger partial charge < -0.3 is 10.1 Å². The van der Waals surface area contributed by atoms with E-state index in [4.69, 9.17) is 28.6 Å². The zero-order valence-corrected chi connectivity index (χ0v) is 23.5. The summed E-state index contributed by atoms with van der Waals surface area (Å²) in [6.07, 6.45) is 2.34. The Bertz CT molecular complexity index is 1540. The zero-order chi connectivity index (χ0) is 27.4. The van der Waals surface area contributed by atoms with Gasteiger partial charge in [0.25, 0.3) is 11.5 Å². The van der Waals surface area contributed by atoms with Crippen molar-refractivity contribution in [2.24, 2.45) is 7.05 Å². The number of ether oxygens (including phenoxy) is 1. The van der Waals surface area contributed by atoms with Crippen molar-refractivity contribution in [2.75, 3.05) is 19.0 Å². The van der Waals surface area contributed by atoms with Crippen LogP contribution in [0.25, 0.3) is 6.08 Å². The molecule has 38 heavy (non-hydrogen) atoms. The van der Waals surface area contributed by atoms with Crippen LogP contribution in [0.5, 0.6) is 5.75 Å². The minimum atomic E-state index is -0.421. The Morgan fingerprint density at radius 2 is 1.89 bits per heavy atom. The number of methoxy groups -OCH3 is 1. The van der Waals surface area contributed by atoms with Crippen molar-refractivity contribution in [3.05, 3.63) is 96.6 Å². The van der Waals surface area contributed by atoms with Crippen molar-refractivity contribution in [3.8, 4) is 11.8 Å². The monoisotopic (exact) mass is 564 g/mol. The molecular formula is C28H25ClN4O3S2. The highest BCUT2D eigenvalue weighted by Gasteiger charge is 2.32. The Balaban J connectivity index is 1.64. The lowest BCUT2D eigenvalue weighted by atomic mass is 10.0. The number of hydrogen-bond acceptors (Lipinski definition) is 7. The highest BCUT2D eigenvalue weighted by molar-refractivity contribution is 8.26. The van der Waals surface area contributed by atoms with Gasteiger partial charge in [0.2, 0.25) is 0 Å². The summed E-state index contributed by atoms with van der Waals surface area (Å²) < 4.78 is 7.05. The predicted molar refractivity (Wildman–Crippen MR) is 156 cm³/mol. The highest BCUT2D eigenvalue weighted by atomic mass is 35.5. The number of hydrogen-bond donors (Lipinski definition) is 1. The van der Waals surface area contributed by atoms with Gasteiger partial charge in [-0.3, -0.25) is 19.1 Å². The van der Waals surface area contributed by atoms with Crippen LogP contribution in [0.2, 0.25) is 5.02 Å². The van der Waals surface area contributed by atoms with Crippen molar-refractivity contribution < 1.29 is 9.53 Å². The average Bonchev–Trinajstić information content (AvgIpc) is 3.18. The van der Waals surface area contributed by atoms with Crippen LogP contribution in [0, 0.1) is 18.3 Å². The molecule has 0 unspecified atom stereocenters. The number of anilines is 1. The second kappa shape index (κ2) is 11.9. The van der Waals surface area contributed by atoms with Crippen LogP contribution in [0.3, 0.4) is 0 Å². The third-order valence-corrected chi connectivity index (χ3v) is 8.08. The number of amides is 1. The van der Waals surface area contributed by atoms with Crippen LogP contribution in [0.15, 0.2) is 58.2 Å². The molecule has 1 aliphatic rings. The summed E-state index contributed by atoms with van der Waals surface area (Å²) in [7, 11) is 3.21. The summed E-state index contributed by atoms with van der Waals surface area (Å²) in [4.78, 5) is 28.2. The first kappa shape index (κ1) is 27.5. The van der Waals surface area contributed by atoms with Gasteiger partial charge in [0.05, 0.1) is 12.0 Å². The number of carbonyl (C=O) groups is 1. The zero-order valence-electron chi connectivity index (χ0n) is 21.1. The molecule has 2 aromatic carbocycles. The van der Waals surface area contributed by atoms with Gasteiger partial charge in [-0.05, 0) is 54.3 Å². The molecule has 0 saturated carbocycles. The third-order valence-electron chi connectivity index (χ3n) is 6.34. The van der Waals surface area contributed by atoms with Crippen LogP contribution in [-0.2, 0) is 24.8 Å². The van der Waals surface area contributed by atoms with Crippen LogP contribution in [0.1, 0.15) is 27.8 Å². The molecule has 1 fully saturated rings. The van der Waals surface area contributed by atoms with E-state index in [1.54, 1.807) is 38.1 Å². The molecule has 0 spiro atoms. The molecule has 10 heteroatoms. The predicted octanol–water partition coefficient (Wildman–Crippen LogP) is 5.28. The van der Waals surface area contributed by atoms with Gasteiger partial charge in [-0.2, -0.15) is 5.26 Å². The fourth-order valence-electron chi connectivity index (χ4n) is 4.12. The van der Waals surface area contributed by atoms with E-state index in [9.17, 15) is 14.9 Å². The standard InChI is InChI=1S/C28H25ClN4O3S2/c1-17-21(25(32(2)26(34)22(17)15-30)31-16-19-6-4-5-7-23(19)29)14-24-27(35)33(28(37)38-24)13-12-18-8-10-20(36-3)11-9-18/h4-11,14,31H,12-13,16H2,1-3H3/b24-14+. The first-order chi connectivity index (χ1) is 18.2. The maximum Gasteiger partial charge on any atom is 0.270 e. The molecule has 2 heterocycles. The number of thiocarbonyl (C=S) groups is 1. The number of aromatic nitrogens is 1. The van der Waals surface area contributed by atoms with E-state index >= 15 is 0 Å². The van der Waals surface area contributed by atoms with Crippen LogP contribution in [0.4, 0.5) is 5.82 Å². The van der Waals surface area contributed by atoms with E-state index in [-0.39, 0.29) is 11.5 Å². The number of halogens is 1. The second-order valence-electron chi connectivity index (χ2n) is 8.61. The number of nitriles is 1.